The Balaban J connectivity index is 1.56. The van der Waals surface area contributed by atoms with E-state index >= 15 is 0 Å². The molecule has 2 aromatic rings. The second-order valence-corrected chi connectivity index (χ2v) is 5.34. The summed E-state index contributed by atoms with van der Waals surface area (Å²) >= 11 is 0. The van der Waals surface area contributed by atoms with Gasteiger partial charge >= 0.3 is 0 Å². The Morgan fingerprint density at radius 1 is 1.22 bits per heavy atom. The van der Waals surface area contributed by atoms with Gasteiger partial charge in [0, 0.05) is 24.8 Å². The summed E-state index contributed by atoms with van der Waals surface area (Å²) in [6, 6.07) is 4.50. The number of aromatic nitrogens is 3. The van der Waals surface area contributed by atoms with E-state index in [0.29, 0.717) is 6.04 Å². The van der Waals surface area contributed by atoms with Crippen LogP contribution in [0.4, 0.5) is 5.82 Å². The Kier molecular flexibility index (Phi) is 2.26. The van der Waals surface area contributed by atoms with Crippen molar-refractivity contribution in [2.24, 2.45) is 5.92 Å². The molecule has 3 fully saturated rings. The van der Waals surface area contributed by atoms with Gasteiger partial charge in [-0.1, -0.05) is 0 Å². The van der Waals surface area contributed by atoms with Gasteiger partial charge in [0.25, 0.3) is 0 Å². The minimum Gasteiger partial charge on any atom is -0.366 e. The van der Waals surface area contributed by atoms with Crippen molar-refractivity contribution < 1.29 is 0 Å². The highest BCUT2D eigenvalue weighted by molar-refractivity contribution is 5.46. The molecular formula is C13H17N5. The quantitative estimate of drug-likeness (QED) is 0.862. The first-order chi connectivity index (χ1) is 8.88. The molecule has 3 aliphatic heterocycles. The molecule has 2 aromatic heterocycles. The van der Waals surface area contributed by atoms with Crippen LogP contribution in [-0.2, 0) is 0 Å². The summed E-state index contributed by atoms with van der Waals surface area (Å²) in [5.74, 6) is 1.79. The lowest BCUT2D eigenvalue weighted by molar-refractivity contribution is 0.0974. The van der Waals surface area contributed by atoms with Crippen molar-refractivity contribution >= 4 is 11.5 Å². The third-order valence-corrected chi connectivity index (χ3v) is 4.25. The first-order valence-electron chi connectivity index (χ1n) is 6.68. The van der Waals surface area contributed by atoms with Crippen molar-refractivity contribution in [2.45, 2.75) is 18.9 Å². The lowest BCUT2D eigenvalue weighted by Gasteiger charge is -2.45. The fraction of sp³-hybridized carbons (Fsp3) is 0.538. The molecule has 0 aliphatic carbocycles. The molecule has 18 heavy (non-hydrogen) atoms. The summed E-state index contributed by atoms with van der Waals surface area (Å²) in [4.78, 5) is 7.13. The van der Waals surface area contributed by atoms with Gasteiger partial charge in [0.05, 0.1) is 6.20 Å². The van der Waals surface area contributed by atoms with Crippen LogP contribution in [0.2, 0.25) is 0 Å². The molecule has 0 amide bonds. The predicted molar refractivity (Wildman–Crippen MR) is 69.6 cm³/mol. The van der Waals surface area contributed by atoms with E-state index in [4.69, 9.17) is 0 Å². The zero-order valence-corrected chi connectivity index (χ0v) is 10.3. The van der Waals surface area contributed by atoms with E-state index in [1.165, 1.54) is 25.9 Å². The number of nitrogens with one attached hydrogen (secondary N) is 1. The van der Waals surface area contributed by atoms with Crippen LogP contribution in [-0.4, -0.2) is 45.2 Å². The van der Waals surface area contributed by atoms with E-state index in [0.717, 1.165) is 23.9 Å². The molecule has 5 heterocycles. The average molecular weight is 243 g/mol. The van der Waals surface area contributed by atoms with Gasteiger partial charge in [0.1, 0.15) is 5.82 Å². The molecule has 0 radical (unpaired) electrons. The largest absolute Gasteiger partial charge is 0.366 e. The molecule has 5 nitrogen and oxygen atoms in total. The molecule has 1 N–H and O–H groups in total. The fourth-order valence-electron chi connectivity index (χ4n) is 3.21. The highest BCUT2D eigenvalue weighted by atomic mass is 15.3. The minimum absolute atomic E-state index is 0.561. The highest BCUT2D eigenvalue weighted by Gasteiger charge is 2.34. The van der Waals surface area contributed by atoms with Gasteiger partial charge in [-0.3, -0.25) is 0 Å². The Labute approximate surface area is 106 Å². The van der Waals surface area contributed by atoms with Crippen LogP contribution in [0.15, 0.2) is 24.5 Å². The Bertz CT molecular complexity index is 555. The molecule has 0 spiro atoms. The summed E-state index contributed by atoms with van der Waals surface area (Å²) in [7, 11) is 0. The number of nitrogens with zero attached hydrogens (tertiary/aromatic N) is 4. The van der Waals surface area contributed by atoms with E-state index in [1.54, 1.807) is 10.7 Å². The maximum absolute atomic E-state index is 4.58. The van der Waals surface area contributed by atoms with Crippen molar-refractivity contribution in [1.82, 2.24) is 19.5 Å². The Hall–Kier alpha value is -1.62. The molecule has 3 aliphatic rings. The Morgan fingerprint density at radius 2 is 2.11 bits per heavy atom. The van der Waals surface area contributed by atoms with Gasteiger partial charge < -0.3 is 10.2 Å². The van der Waals surface area contributed by atoms with E-state index in [1.807, 2.05) is 18.3 Å². The SMILES string of the molecule is c1cc2nc(NC3CN4CCC3CC4)ccn2n1. The first-order valence-corrected chi connectivity index (χ1v) is 6.68. The number of piperidine rings is 3. The summed E-state index contributed by atoms with van der Waals surface area (Å²) in [5.41, 5.74) is 0.904. The van der Waals surface area contributed by atoms with E-state index in [9.17, 15) is 0 Å². The molecule has 5 heteroatoms. The topological polar surface area (TPSA) is 45.5 Å². The number of hydrogen-bond acceptors (Lipinski definition) is 4. The molecule has 0 saturated carbocycles. The maximum atomic E-state index is 4.58. The number of anilines is 1. The normalized spacial score (nSPS) is 30.8. The van der Waals surface area contributed by atoms with E-state index < -0.39 is 0 Å². The second-order valence-electron chi connectivity index (χ2n) is 5.34. The van der Waals surface area contributed by atoms with Crippen molar-refractivity contribution in [3.8, 4) is 0 Å². The molecule has 0 aromatic carbocycles. The third-order valence-electron chi connectivity index (χ3n) is 4.25. The van der Waals surface area contributed by atoms with E-state index in [-0.39, 0.29) is 0 Å². The first kappa shape index (κ1) is 10.3. The van der Waals surface area contributed by atoms with Crippen LogP contribution in [0.3, 0.4) is 0 Å². The number of rotatable bonds is 2. The van der Waals surface area contributed by atoms with Crippen molar-refractivity contribution in [2.75, 3.05) is 25.0 Å². The average Bonchev–Trinajstić information content (AvgIpc) is 2.87. The maximum Gasteiger partial charge on any atom is 0.157 e. The van der Waals surface area contributed by atoms with Gasteiger partial charge in [0.15, 0.2) is 5.65 Å². The third kappa shape index (κ3) is 1.66. The second kappa shape index (κ2) is 3.95. The van der Waals surface area contributed by atoms with Crippen LogP contribution in [0.1, 0.15) is 12.8 Å². The van der Waals surface area contributed by atoms with Gasteiger partial charge in [-0.05, 0) is 37.9 Å². The van der Waals surface area contributed by atoms with Crippen LogP contribution in [0, 0.1) is 5.92 Å². The molecule has 2 bridgehead atoms. The van der Waals surface area contributed by atoms with Crippen molar-refractivity contribution in [3.63, 3.8) is 0 Å². The van der Waals surface area contributed by atoms with Crippen LogP contribution in [0.5, 0.6) is 0 Å². The standard InChI is InChI=1S/C13H17N5/c1-5-14-18-8-4-12(16-13(1)18)15-11-9-17-6-2-10(11)3-7-17/h1,4-5,8,10-11H,2-3,6-7,9H2,(H,15,16). The molecular weight excluding hydrogens is 226 g/mol. The molecule has 1 unspecified atom stereocenters. The van der Waals surface area contributed by atoms with Crippen molar-refractivity contribution in [1.29, 1.82) is 0 Å². The predicted octanol–water partition coefficient (Wildman–Crippen LogP) is 1.24. The summed E-state index contributed by atoms with van der Waals surface area (Å²) < 4.78 is 1.79. The van der Waals surface area contributed by atoms with E-state index in [2.05, 4.69) is 20.3 Å². The lowest BCUT2D eigenvalue weighted by Crippen LogP contribution is -2.53. The smallest absolute Gasteiger partial charge is 0.157 e. The number of fused-ring (bicyclic) bond motifs is 4. The summed E-state index contributed by atoms with van der Waals surface area (Å²) in [6.45, 7) is 3.71. The number of hydrogen-bond donors (Lipinski definition) is 1. The molecule has 3 saturated heterocycles. The summed E-state index contributed by atoms with van der Waals surface area (Å²) in [5, 5.41) is 7.76. The zero-order chi connectivity index (χ0) is 11.9. The van der Waals surface area contributed by atoms with Gasteiger partial charge in [-0.15, -0.1) is 0 Å². The van der Waals surface area contributed by atoms with Gasteiger partial charge in [-0.25, -0.2) is 9.50 Å². The molecule has 1 atom stereocenters. The molecule has 5 rings (SSSR count). The zero-order valence-electron chi connectivity index (χ0n) is 10.3. The minimum atomic E-state index is 0.561. The van der Waals surface area contributed by atoms with Crippen LogP contribution >= 0.6 is 0 Å². The lowest BCUT2D eigenvalue weighted by atomic mass is 9.84. The summed E-state index contributed by atoms with van der Waals surface area (Å²) in [6.07, 6.45) is 6.39. The monoisotopic (exact) mass is 243 g/mol. The van der Waals surface area contributed by atoms with Gasteiger partial charge in [-0.2, -0.15) is 5.10 Å². The van der Waals surface area contributed by atoms with Crippen LogP contribution in [0.25, 0.3) is 5.65 Å². The molecule has 94 valence electrons. The fourth-order valence-corrected chi connectivity index (χ4v) is 3.21. The van der Waals surface area contributed by atoms with Gasteiger partial charge in [0.2, 0.25) is 0 Å². The Morgan fingerprint density at radius 3 is 2.89 bits per heavy atom. The van der Waals surface area contributed by atoms with Crippen molar-refractivity contribution in [3.05, 3.63) is 24.5 Å². The van der Waals surface area contributed by atoms with Crippen LogP contribution < -0.4 is 5.32 Å². The highest BCUT2D eigenvalue weighted by Crippen LogP contribution is 2.29.